The van der Waals surface area contributed by atoms with Gasteiger partial charge in [0, 0.05) is 5.56 Å². The molecule has 0 saturated heterocycles. The number of aromatic nitrogens is 2. The lowest BCUT2D eigenvalue weighted by Crippen LogP contribution is -2.16. The van der Waals surface area contributed by atoms with Gasteiger partial charge in [0.2, 0.25) is 6.75 Å². The summed E-state index contributed by atoms with van der Waals surface area (Å²) < 4.78 is 52.6. The van der Waals surface area contributed by atoms with E-state index >= 15 is 0 Å². The predicted octanol–water partition coefficient (Wildman–Crippen LogP) is 3.71. The van der Waals surface area contributed by atoms with Crippen LogP contribution in [0.3, 0.4) is 0 Å². The molecule has 136 valence electrons. The van der Waals surface area contributed by atoms with Crippen LogP contribution >= 0.6 is 0 Å². The zero-order valence-corrected chi connectivity index (χ0v) is 13.9. The minimum atomic E-state index is -2.24. The molecule has 0 atom stereocenters. The van der Waals surface area contributed by atoms with Gasteiger partial charge in [-0.3, -0.25) is 9.78 Å². The number of anilines is 1. The summed E-state index contributed by atoms with van der Waals surface area (Å²) in [6.07, 6.45) is 2.61. The Kier molecular flexibility index (Phi) is 3.59. The van der Waals surface area contributed by atoms with Gasteiger partial charge in [0.25, 0.3) is 5.91 Å². The van der Waals surface area contributed by atoms with E-state index in [1.807, 2.05) is 0 Å². The Labute approximate surface area is 155 Å². The molecular weight excluding hydrogens is 356 g/mol. The zero-order chi connectivity index (χ0) is 20.8. The van der Waals surface area contributed by atoms with Gasteiger partial charge in [-0.1, -0.05) is 6.07 Å². The molecule has 8 heteroatoms. The lowest BCUT2D eigenvalue weighted by Gasteiger charge is -2.09. The fraction of sp³-hybridized carbons (Fsp3) is 0.105. The normalized spacial score (nSPS) is 15.1. The van der Waals surface area contributed by atoms with Gasteiger partial charge in [-0.05, 0) is 36.8 Å². The van der Waals surface area contributed by atoms with Gasteiger partial charge in [0.15, 0.2) is 17.3 Å². The van der Waals surface area contributed by atoms with Crippen molar-refractivity contribution in [1.82, 2.24) is 9.97 Å². The van der Waals surface area contributed by atoms with Gasteiger partial charge < -0.3 is 14.8 Å². The number of benzene rings is 2. The number of carbonyl (C=O) groups is 1. The number of amides is 1. The second-order valence-electron chi connectivity index (χ2n) is 5.74. The highest BCUT2D eigenvalue weighted by Gasteiger charge is 2.19. The average molecular weight is 371 g/mol. The standard InChI is InChI=1S/C19H13F2N3O3/c1-10-5-15-16(27-9-26-15)6-11(10)14-7-23-17(8-22-14)24-19(25)18-12(20)3-2-4-13(18)21/h2-8H,9H2,1H3,(H,23,24,25)/i9D2. The van der Waals surface area contributed by atoms with Crippen LogP contribution in [0.5, 0.6) is 11.5 Å². The summed E-state index contributed by atoms with van der Waals surface area (Å²) in [6, 6.07) is 6.32. The van der Waals surface area contributed by atoms with Crippen molar-refractivity contribution < 1.29 is 25.8 Å². The van der Waals surface area contributed by atoms with Crippen LogP contribution in [-0.2, 0) is 0 Å². The molecule has 1 aromatic heterocycles. The minimum absolute atomic E-state index is 0.0103. The molecule has 6 nitrogen and oxygen atoms in total. The summed E-state index contributed by atoms with van der Waals surface area (Å²) >= 11 is 0. The van der Waals surface area contributed by atoms with Crippen LogP contribution in [0.2, 0.25) is 0 Å². The van der Waals surface area contributed by atoms with Crippen LogP contribution < -0.4 is 14.8 Å². The van der Waals surface area contributed by atoms with Gasteiger partial charge in [0.1, 0.15) is 19.9 Å². The quantitative estimate of drug-likeness (QED) is 0.760. The number of rotatable bonds is 3. The summed E-state index contributed by atoms with van der Waals surface area (Å²) in [5.41, 5.74) is 1.08. The molecule has 0 aliphatic carbocycles. The second kappa shape index (κ2) is 6.64. The summed E-state index contributed by atoms with van der Waals surface area (Å²) in [5.74, 6) is -2.43. The van der Waals surface area contributed by atoms with Crippen molar-refractivity contribution in [3.63, 3.8) is 0 Å². The number of fused-ring (bicyclic) bond motifs is 1. The number of carbonyl (C=O) groups excluding carboxylic acids is 1. The van der Waals surface area contributed by atoms with E-state index in [2.05, 4.69) is 15.3 Å². The number of hydrogen-bond donors (Lipinski definition) is 1. The van der Waals surface area contributed by atoms with Gasteiger partial charge in [-0.15, -0.1) is 0 Å². The van der Waals surface area contributed by atoms with E-state index in [9.17, 15) is 13.6 Å². The first kappa shape index (κ1) is 14.6. The summed E-state index contributed by atoms with van der Waals surface area (Å²) in [6.45, 7) is -0.458. The fourth-order valence-corrected chi connectivity index (χ4v) is 2.63. The molecule has 1 N–H and O–H groups in total. The Morgan fingerprint density at radius 3 is 2.52 bits per heavy atom. The molecule has 4 rings (SSSR count). The molecule has 1 aliphatic heterocycles. The highest BCUT2D eigenvalue weighted by molar-refractivity contribution is 6.04. The molecule has 2 heterocycles. The van der Waals surface area contributed by atoms with Crippen molar-refractivity contribution in [2.75, 3.05) is 12.1 Å². The SMILES string of the molecule is [2H]C1([2H])Oc2cc(C)c(-c3cnc(NC(=O)c4c(F)cccc4F)cn3)cc2O1. The monoisotopic (exact) mass is 371 g/mol. The molecule has 2 aromatic carbocycles. The predicted molar refractivity (Wildman–Crippen MR) is 92.6 cm³/mol. The van der Waals surface area contributed by atoms with Gasteiger partial charge in [-0.2, -0.15) is 0 Å². The summed E-state index contributed by atoms with van der Waals surface area (Å²) in [7, 11) is 0. The highest BCUT2D eigenvalue weighted by atomic mass is 19.1. The number of nitrogens with one attached hydrogen (secondary N) is 1. The van der Waals surface area contributed by atoms with Crippen LogP contribution in [0.4, 0.5) is 14.6 Å². The van der Waals surface area contributed by atoms with E-state index in [4.69, 9.17) is 12.2 Å². The van der Waals surface area contributed by atoms with Crippen molar-refractivity contribution >= 4 is 11.7 Å². The van der Waals surface area contributed by atoms with Gasteiger partial charge in [-0.25, -0.2) is 13.8 Å². The Balaban J connectivity index is 1.57. The molecule has 0 unspecified atom stereocenters. The molecule has 1 amide bonds. The first-order valence-corrected chi connectivity index (χ1v) is 7.84. The maximum absolute atomic E-state index is 13.7. The Morgan fingerprint density at radius 2 is 1.85 bits per heavy atom. The van der Waals surface area contributed by atoms with E-state index < -0.39 is 29.9 Å². The van der Waals surface area contributed by atoms with E-state index in [-0.39, 0.29) is 17.3 Å². The highest BCUT2D eigenvalue weighted by Crippen LogP contribution is 2.37. The van der Waals surface area contributed by atoms with Crippen molar-refractivity contribution in [3.05, 3.63) is 65.5 Å². The van der Waals surface area contributed by atoms with E-state index in [1.165, 1.54) is 12.4 Å². The van der Waals surface area contributed by atoms with Crippen LogP contribution in [0, 0.1) is 18.6 Å². The molecule has 27 heavy (non-hydrogen) atoms. The maximum atomic E-state index is 13.7. The third kappa shape index (κ3) is 3.17. The van der Waals surface area contributed by atoms with Gasteiger partial charge in [0.05, 0.1) is 18.1 Å². The van der Waals surface area contributed by atoms with E-state index in [0.29, 0.717) is 11.3 Å². The molecule has 0 radical (unpaired) electrons. The maximum Gasteiger partial charge on any atom is 0.262 e. The van der Waals surface area contributed by atoms with E-state index in [0.717, 1.165) is 23.8 Å². The largest absolute Gasteiger partial charge is 0.454 e. The fourth-order valence-electron chi connectivity index (χ4n) is 2.63. The number of ether oxygens (including phenoxy) is 2. The second-order valence-corrected chi connectivity index (χ2v) is 5.74. The number of aryl methyl sites for hydroxylation is 1. The molecule has 3 aromatic rings. The molecule has 0 fully saturated rings. The average Bonchev–Trinajstić information content (AvgIpc) is 2.94. The van der Waals surface area contributed by atoms with Crippen molar-refractivity contribution in [2.24, 2.45) is 0 Å². The summed E-state index contributed by atoms with van der Waals surface area (Å²) in [5, 5.41) is 2.30. The number of nitrogens with zero attached hydrogens (tertiary/aromatic N) is 2. The Morgan fingerprint density at radius 1 is 1.15 bits per heavy atom. The van der Waals surface area contributed by atoms with Gasteiger partial charge >= 0.3 is 0 Å². The number of hydrogen-bond acceptors (Lipinski definition) is 5. The minimum Gasteiger partial charge on any atom is -0.454 e. The number of halogens is 2. The zero-order valence-electron chi connectivity index (χ0n) is 15.9. The van der Waals surface area contributed by atoms with Crippen LogP contribution in [0.15, 0.2) is 42.7 Å². The topological polar surface area (TPSA) is 73.3 Å². The van der Waals surface area contributed by atoms with Crippen molar-refractivity contribution in [3.8, 4) is 22.8 Å². The Hall–Kier alpha value is -3.55. The summed E-state index contributed by atoms with van der Waals surface area (Å²) in [4.78, 5) is 20.4. The molecule has 1 aliphatic rings. The lowest BCUT2D eigenvalue weighted by atomic mass is 10.1. The van der Waals surface area contributed by atoms with E-state index in [1.54, 1.807) is 19.1 Å². The first-order valence-electron chi connectivity index (χ1n) is 8.84. The molecule has 0 bridgehead atoms. The lowest BCUT2D eigenvalue weighted by molar-refractivity contribution is 0.101. The first-order chi connectivity index (χ1) is 13.7. The van der Waals surface area contributed by atoms with Crippen molar-refractivity contribution in [1.29, 1.82) is 0 Å². The molecule has 0 saturated carbocycles. The Bertz CT molecular complexity index is 1100. The van der Waals surface area contributed by atoms with Crippen molar-refractivity contribution in [2.45, 2.75) is 6.92 Å². The third-order valence-electron chi connectivity index (χ3n) is 3.95. The third-order valence-corrected chi connectivity index (χ3v) is 3.95. The van der Waals surface area contributed by atoms with Crippen LogP contribution in [-0.4, -0.2) is 22.6 Å². The molecule has 0 spiro atoms. The van der Waals surface area contributed by atoms with Crippen LogP contribution in [0.25, 0.3) is 11.3 Å². The van der Waals surface area contributed by atoms with Crippen LogP contribution in [0.1, 0.15) is 18.7 Å². The smallest absolute Gasteiger partial charge is 0.262 e. The molecular formula is C19H13F2N3O3.